The van der Waals surface area contributed by atoms with E-state index in [1.807, 2.05) is 19.1 Å². The highest BCUT2D eigenvalue weighted by Crippen LogP contribution is 2.35. The molecule has 24 heavy (non-hydrogen) atoms. The van der Waals surface area contributed by atoms with Crippen molar-refractivity contribution in [2.75, 3.05) is 10.6 Å². The molecular formula is C16H11FN4OS2. The number of anilines is 2. The molecule has 0 fully saturated rings. The number of carbonyl (C=O) groups is 1. The van der Waals surface area contributed by atoms with Crippen LogP contribution < -0.4 is 10.6 Å². The standard InChI is InChI=1S/C16H11FN4OS2/c1-8-18-11-6-7-12-14(13(11)23-8)24-16(20-12)21-15(22)19-10-5-3-2-4-9(10)17/h2-7H,1H3,(H2,19,20,21,22). The maximum Gasteiger partial charge on any atom is 0.325 e. The summed E-state index contributed by atoms with van der Waals surface area (Å²) in [5.41, 5.74) is 1.85. The van der Waals surface area contributed by atoms with Crippen LogP contribution in [0.15, 0.2) is 36.4 Å². The maximum absolute atomic E-state index is 13.6. The molecule has 0 spiro atoms. The molecule has 0 saturated carbocycles. The Labute approximate surface area is 144 Å². The summed E-state index contributed by atoms with van der Waals surface area (Å²) in [7, 11) is 0. The van der Waals surface area contributed by atoms with Crippen LogP contribution >= 0.6 is 22.7 Å². The third-order valence-electron chi connectivity index (χ3n) is 3.36. The highest BCUT2D eigenvalue weighted by molar-refractivity contribution is 7.28. The zero-order valence-electron chi connectivity index (χ0n) is 12.5. The highest BCUT2D eigenvalue weighted by Gasteiger charge is 2.13. The minimum atomic E-state index is -0.532. The van der Waals surface area contributed by atoms with Crippen molar-refractivity contribution in [3.8, 4) is 0 Å². The lowest BCUT2D eigenvalue weighted by Gasteiger charge is -2.05. The van der Waals surface area contributed by atoms with Crippen LogP contribution in [-0.4, -0.2) is 16.0 Å². The predicted octanol–water partition coefficient (Wildman–Crippen LogP) is 5.00. The molecule has 5 nitrogen and oxygen atoms in total. The zero-order chi connectivity index (χ0) is 16.7. The molecule has 0 atom stereocenters. The van der Waals surface area contributed by atoms with Crippen LogP contribution in [0.4, 0.5) is 20.0 Å². The van der Waals surface area contributed by atoms with Crippen molar-refractivity contribution in [1.29, 1.82) is 0 Å². The molecule has 2 aromatic carbocycles. The van der Waals surface area contributed by atoms with Gasteiger partial charge in [-0.1, -0.05) is 23.5 Å². The molecule has 2 N–H and O–H groups in total. The molecule has 8 heteroatoms. The van der Waals surface area contributed by atoms with Crippen molar-refractivity contribution >= 4 is 60.0 Å². The average Bonchev–Trinajstić information content (AvgIpc) is 3.11. The first kappa shape index (κ1) is 15.0. The summed E-state index contributed by atoms with van der Waals surface area (Å²) in [6.45, 7) is 1.96. The Morgan fingerprint density at radius 1 is 1.00 bits per heavy atom. The summed E-state index contributed by atoms with van der Waals surface area (Å²) in [6, 6.07) is 9.27. The van der Waals surface area contributed by atoms with Crippen molar-refractivity contribution in [3.05, 3.63) is 47.2 Å². The second-order valence-corrected chi connectivity index (χ2v) is 7.28. The van der Waals surface area contributed by atoms with Gasteiger partial charge in [0, 0.05) is 0 Å². The van der Waals surface area contributed by atoms with Crippen LogP contribution in [0, 0.1) is 12.7 Å². The first-order chi connectivity index (χ1) is 11.6. The van der Waals surface area contributed by atoms with E-state index in [2.05, 4.69) is 20.6 Å². The third kappa shape index (κ3) is 2.70. The normalized spacial score (nSPS) is 11.1. The monoisotopic (exact) mass is 358 g/mol. The Hall–Kier alpha value is -2.58. The molecular weight excluding hydrogens is 347 g/mol. The molecule has 0 bridgehead atoms. The molecule has 0 aliphatic carbocycles. The highest BCUT2D eigenvalue weighted by atomic mass is 32.1. The molecule has 0 unspecified atom stereocenters. The van der Waals surface area contributed by atoms with Gasteiger partial charge in [-0.25, -0.2) is 19.2 Å². The van der Waals surface area contributed by atoms with Gasteiger partial charge < -0.3 is 5.32 Å². The molecule has 4 rings (SSSR count). The number of benzene rings is 2. The quantitative estimate of drug-likeness (QED) is 0.530. The Bertz CT molecular complexity index is 1070. The van der Waals surface area contributed by atoms with Gasteiger partial charge in [0.25, 0.3) is 0 Å². The van der Waals surface area contributed by atoms with Gasteiger partial charge in [-0.3, -0.25) is 5.32 Å². The number of amides is 2. The van der Waals surface area contributed by atoms with E-state index in [1.165, 1.54) is 23.5 Å². The van der Waals surface area contributed by atoms with E-state index < -0.39 is 11.8 Å². The Balaban J connectivity index is 1.61. The average molecular weight is 358 g/mol. The lowest BCUT2D eigenvalue weighted by molar-refractivity contribution is 0.262. The molecule has 2 amide bonds. The number of halogens is 1. The molecule has 120 valence electrons. The first-order valence-corrected chi connectivity index (χ1v) is 8.73. The number of aromatic nitrogens is 2. The number of para-hydroxylation sites is 1. The van der Waals surface area contributed by atoms with Crippen molar-refractivity contribution in [3.63, 3.8) is 0 Å². The van der Waals surface area contributed by atoms with Gasteiger partial charge in [-0.2, -0.15) is 0 Å². The summed E-state index contributed by atoms with van der Waals surface area (Å²) >= 11 is 2.98. The van der Waals surface area contributed by atoms with Gasteiger partial charge in [0.2, 0.25) is 0 Å². The molecule has 0 aliphatic heterocycles. The first-order valence-electron chi connectivity index (χ1n) is 7.09. The van der Waals surface area contributed by atoms with Crippen molar-refractivity contribution in [2.45, 2.75) is 6.92 Å². The smallest absolute Gasteiger partial charge is 0.305 e. The summed E-state index contributed by atoms with van der Waals surface area (Å²) in [4.78, 5) is 20.9. The van der Waals surface area contributed by atoms with E-state index in [-0.39, 0.29) is 5.69 Å². The van der Waals surface area contributed by atoms with Crippen LogP contribution in [0.1, 0.15) is 5.01 Å². The van der Waals surface area contributed by atoms with Gasteiger partial charge >= 0.3 is 6.03 Å². The van der Waals surface area contributed by atoms with Crippen LogP contribution in [0.25, 0.3) is 20.4 Å². The van der Waals surface area contributed by atoms with Gasteiger partial charge in [-0.05, 0) is 31.2 Å². The number of carbonyl (C=O) groups excluding carboxylic acids is 1. The van der Waals surface area contributed by atoms with E-state index in [1.54, 1.807) is 23.5 Å². The summed E-state index contributed by atoms with van der Waals surface area (Å²) in [5, 5.41) is 6.57. The number of hydrogen-bond donors (Lipinski definition) is 2. The molecule has 0 radical (unpaired) electrons. The van der Waals surface area contributed by atoms with E-state index in [0.717, 1.165) is 25.4 Å². The predicted molar refractivity (Wildman–Crippen MR) is 96.6 cm³/mol. The number of nitrogens with zero attached hydrogens (tertiary/aromatic N) is 2. The van der Waals surface area contributed by atoms with Crippen LogP contribution in [0.3, 0.4) is 0 Å². The number of fused-ring (bicyclic) bond motifs is 3. The van der Waals surface area contributed by atoms with Gasteiger partial charge in [0.05, 0.1) is 31.1 Å². The Morgan fingerprint density at radius 3 is 2.50 bits per heavy atom. The third-order valence-corrected chi connectivity index (χ3v) is 5.50. The van der Waals surface area contributed by atoms with Crippen molar-refractivity contribution in [2.24, 2.45) is 0 Å². The second kappa shape index (κ2) is 5.81. The topological polar surface area (TPSA) is 66.9 Å². The number of aryl methyl sites for hydroxylation is 1. The Morgan fingerprint density at radius 2 is 1.71 bits per heavy atom. The van der Waals surface area contributed by atoms with Crippen LogP contribution in [-0.2, 0) is 0 Å². The van der Waals surface area contributed by atoms with Gasteiger partial charge in [0.1, 0.15) is 5.82 Å². The van der Waals surface area contributed by atoms with E-state index >= 15 is 0 Å². The van der Waals surface area contributed by atoms with E-state index in [4.69, 9.17) is 0 Å². The molecule has 4 aromatic rings. The fourth-order valence-electron chi connectivity index (χ4n) is 2.35. The summed E-state index contributed by atoms with van der Waals surface area (Å²) in [6.07, 6.45) is 0. The SMILES string of the molecule is Cc1nc2ccc3nc(NC(=O)Nc4ccccc4F)sc3c2s1. The van der Waals surface area contributed by atoms with E-state index in [0.29, 0.717) is 5.13 Å². The van der Waals surface area contributed by atoms with Crippen LogP contribution in [0.5, 0.6) is 0 Å². The lowest BCUT2D eigenvalue weighted by Crippen LogP contribution is -2.19. The lowest BCUT2D eigenvalue weighted by atomic mass is 10.3. The molecule has 0 aliphatic rings. The van der Waals surface area contributed by atoms with Crippen molar-refractivity contribution in [1.82, 2.24) is 9.97 Å². The number of urea groups is 1. The number of hydrogen-bond acceptors (Lipinski definition) is 5. The second-order valence-electron chi connectivity index (χ2n) is 5.07. The van der Waals surface area contributed by atoms with Gasteiger partial charge in [-0.15, -0.1) is 11.3 Å². The van der Waals surface area contributed by atoms with E-state index in [9.17, 15) is 9.18 Å². The largest absolute Gasteiger partial charge is 0.325 e. The molecule has 2 heterocycles. The number of thiazole rings is 2. The maximum atomic E-state index is 13.6. The number of rotatable bonds is 2. The summed E-state index contributed by atoms with van der Waals surface area (Å²) in [5.74, 6) is -0.487. The van der Waals surface area contributed by atoms with Crippen molar-refractivity contribution < 1.29 is 9.18 Å². The fraction of sp³-hybridized carbons (Fsp3) is 0.0625. The molecule has 0 saturated heterocycles. The van der Waals surface area contributed by atoms with Crippen LogP contribution in [0.2, 0.25) is 0 Å². The minimum Gasteiger partial charge on any atom is -0.305 e. The van der Waals surface area contributed by atoms with Gasteiger partial charge in [0.15, 0.2) is 5.13 Å². The summed E-state index contributed by atoms with van der Waals surface area (Å²) < 4.78 is 15.6. The minimum absolute atomic E-state index is 0.122. The number of nitrogens with one attached hydrogen (secondary N) is 2. The fourth-order valence-corrected chi connectivity index (χ4v) is 4.35. The molecule has 2 aromatic heterocycles. The Kier molecular flexibility index (Phi) is 3.62. The zero-order valence-corrected chi connectivity index (χ0v) is 14.1.